The zero-order chi connectivity index (χ0) is 11.3. The van der Waals surface area contributed by atoms with Crippen LogP contribution in [0.3, 0.4) is 0 Å². The minimum absolute atomic E-state index is 0.316. The van der Waals surface area contributed by atoms with Crippen molar-refractivity contribution in [2.75, 3.05) is 13.6 Å². The van der Waals surface area contributed by atoms with E-state index in [0.717, 1.165) is 13.0 Å². The number of furan rings is 1. The van der Waals surface area contributed by atoms with Crippen molar-refractivity contribution in [1.29, 1.82) is 0 Å². The number of carbonyl (C=O) groups is 1. The van der Waals surface area contributed by atoms with Crippen LogP contribution in [-0.4, -0.2) is 24.4 Å². The minimum atomic E-state index is -0.316. The molecule has 5 nitrogen and oxygen atoms in total. The number of hydrazine groups is 1. The van der Waals surface area contributed by atoms with E-state index in [1.54, 1.807) is 6.07 Å². The van der Waals surface area contributed by atoms with Gasteiger partial charge in [0.1, 0.15) is 5.76 Å². The van der Waals surface area contributed by atoms with Crippen LogP contribution in [-0.2, 0) is 6.54 Å². The van der Waals surface area contributed by atoms with Gasteiger partial charge in [-0.2, -0.15) is 0 Å². The van der Waals surface area contributed by atoms with Crippen LogP contribution in [0.1, 0.15) is 29.5 Å². The Bertz CT molecular complexity index is 322. The number of nitrogen functional groups attached to an aromatic ring is 1. The van der Waals surface area contributed by atoms with Crippen LogP contribution in [0.25, 0.3) is 0 Å². The van der Waals surface area contributed by atoms with Gasteiger partial charge < -0.3 is 4.42 Å². The van der Waals surface area contributed by atoms with Gasteiger partial charge >= 0.3 is 0 Å². The maximum absolute atomic E-state index is 11.3. The zero-order valence-corrected chi connectivity index (χ0v) is 9.12. The molecule has 0 radical (unpaired) electrons. The van der Waals surface area contributed by atoms with E-state index in [0.29, 0.717) is 17.9 Å². The molecule has 1 rings (SSSR count). The summed E-state index contributed by atoms with van der Waals surface area (Å²) in [6.45, 7) is 3.68. The molecule has 84 valence electrons. The molecule has 5 heteroatoms. The molecule has 0 unspecified atom stereocenters. The lowest BCUT2D eigenvalue weighted by Gasteiger charge is -2.14. The summed E-state index contributed by atoms with van der Waals surface area (Å²) in [6, 6.07) is 1.62. The van der Waals surface area contributed by atoms with Crippen molar-refractivity contribution in [2.45, 2.75) is 19.9 Å². The second-order valence-corrected chi connectivity index (χ2v) is 3.47. The monoisotopic (exact) mass is 211 g/mol. The van der Waals surface area contributed by atoms with E-state index in [2.05, 4.69) is 17.2 Å². The van der Waals surface area contributed by atoms with Gasteiger partial charge in [0.2, 0.25) is 0 Å². The van der Waals surface area contributed by atoms with E-state index >= 15 is 0 Å². The highest BCUT2D eigenvalue weighted by Crippen LogP contribution is 2.12. The van der Waals surface area contributed by atoms with Crippen molar-refractivity contribution in [3.63, 3.8) is 0 Å². The Kier molecular flexibility index (Phi) is 4.33. The second kappa shape index (κ2) is 5.53. The van der Waals surface area contributed by atoms with Crippen LogP contribution in [0.15, 0.2) is 16.7 Å². The smallest absolute Gasteiger partial charge is 0.268 e. The lowest BCUT2D eigenvalue weighted by Crippen LogP contribution is -2.31. The fourth-order valence-corrected chi connectivity index (χ4v) is 1.45. The summed E-state index contributed by atoms with van der Waals surface area (Å²) in [5.41, 5.74) is 2.60. The second-order valence-electron chi connectivity index (χ2n) is 3.47. The molecule has 0 bridgehead atoms. The first-order valence-electron chi connectivity index (χ1n) is 4.94. The molecule has 0 aliphatic heterocycles. The first-order valence-corrected chi connectivity index (χ1v) is 4.94. The molecule has 0 aliphatic carbocycles. The highest BCUT2D eigenvalue weighted by Gasteiger charge is 2.14. The first-order chi connectivity index (χ1) is 7.19. The van der Waals surface area contributed by atoms with Gasteiger partial charge in [-0.3, -0.25) is 15.1 Å². The van der Waals surface area contributed by atoms with Crippen molar-refractivity contribution in [3.8, 4) is 0 Å². The van der Waals surface area contributed by atoms with E-state index < -0.39 is 0 Å². The third kappa shape index (κ3) is 3.07. The van der Waals surface area contributed by atoms with E-state index in [-0.39, 0.29) is 5.91 Å². The maximum atomic E-state index is 11.3. The van der Waals surface area contributed by atoms with Gasteiger partial charge in [0, 0.05) is 0 Å². The number of nitrogens with two attached hydrogens (primary N) is 1. The van der Waals surface area contributed by atoms with Crippen LogP contribution in [0.2, 0.25) is 0 Å². The fraction of sp³-hybridized carbons (Fsp3) is 0.500. The summed E-state index contributed by atoms with van der Waals surface area (Å²) in [5, 5.41) is 0. The summed E-state index contributed by atoms with van der Waals surface area (Å²) in [5.74, 6) is 5.40. The Labute approximate surface area is 89.2 Å². The van der Waals surface area contributed by atoms with Crippen LogP contribution < -0.4 is 11.3 Å². The summed E-state index contributed by atoms with van der Waals surface area (Å²) in [6.07, 6.45) is 2.56. The Balaban J connectivity index is 2.68. The summed E-state index contributed by atoms with van der Waals surface area (Å²) >= 11 is 0. The van der Waals surface area contributed by atoms with Crippen molar-refractivity contribution in [3.05, 3.63) is 23.7 Å². The zero-order valence-electron chi connectivity index (χ0n) is 9.12. The van der Waals surface area contributed by atoms with Gasteiger partial charge in [-0.05, 0) is 26.1 Å². The molecular weight excluding hydrogens is 194 g/mol. The Morgan fingerprint density at radius 1 is 1.67 bits per heavy atom. The number of carbonyl (C=O) groups excluding carboxylic acids is 1. The van der Waals surface area contributed by atoms with Crippen LogP contribution in [0, 0.1) is 0 Å². The molecule has 1 heterocycles. The lowest BCUT2D eigenvalue weighted by molar-refractivity contribution is 0.0950. The highest BCUT2D eigenvalue weighted by atomic mass is 16.3. The minimum Gasteiger partial charge on any atom is -0.467 e. The van der Waals surface area contributed by atoms with E-state index in [1.807, 2.05) is 7.05 Å². The third-order valence-corrected chi connectivity index (χ3v) is 2.14. The van der Waals surface area contributed by atoms with E-state index in [1.165, 1.54) is 6.26 Å². The van der Waals surface area contributed by atoms with Crippen LogP contribution in [0.4, 0.5) is 0 Å². The topological polar surface area (TPSA) is 71.5 Å². The molecule has 1 aromatic rings. The normalized spacial score (nSPS) is 10.7. The summed E-state index contributed by atoms with van der Waals surface area (Å²) in [4.78, 5) is 13.4. The molecule has 0 aromatic carbocycles. The molecular formula is C10H17N3O2. The standard InChI is InChI=1S/C10H17N3O2/c1-3-5-13(2)7-9-8(4-6-15-9)10(14)12-11/h4,6H,3,5,7,11H2,1-2H3,(H,12,14). The molecule has 1 amide bonds. The molecule has 0 saturated heterocycles. The fourth-order valence-electron chi connectivity index (χ4n) is 1.45. The van der Waals surface area contributed by atoms with E-state index in [9.17, 15) is 4.79 Å². The van der Waals surface area contributed by atoms with Crippen molar-refractivity contribution in [2.24, 2.45) is 5.84 Å². The molecule has 15 heavy (non-hydrogen) atoms. The quantitative estimate of drug-likeness (QED) is 0.428. The molecule has 0 atom stereocenters. The van der Waals surface area contributed by atoms with Gasteiger partial charge in [-0.15, -0.1) is 0 Å². The number of nitrogens with zero attached hydrogens (tertiary/aromatic N) is 1. The van der Waals surface area contributed by atoms with Crippen molar-refractivity contribution in [1.82, 2.24) is 10.3 Å². The van der Waals surface area contributed by atoms with Crippen LogP contribution in [0.5, 0.6) is 0 Å². The van der Waals surface area contributed by atoms with Crippen LogP contribution >= 0.6 is 0 Å². The molecule has 0 saturated carbocycles. The van der Waals surface area contributed by atoms with Crippen molar-refractivity contribution < 1.29 is 9.21 Å². The number of rotatable bonds is 5. The van der Waals surface area contributed by atoms with Gasteiger partial charge in [0.15, 0.2) is 0 Å². The van der Waals surface area contributed by atoms with Crippen molar-refractivity contribution >= 4 is 5.91 Å². The van der Waals surface area contributed by atoms with Gasteiger partial charge in [-0.25, -0.2) is 5.84 Å². The molecule has 0 spiro atoms. The SMILES string of the molecule is CCCN(C)Cc1occc1C(=O)NN. The summed E-state index contributed by atoms with van der Waals surface area (Å²) < 4.78 is 5.25. The maximum Gasteiger partial charge on any atom is 0.268 e. The predicted molar refractivity (Wildman–Crippen MR) is 57.0 cm³/mol. The number of amides is 1. The Hall–Kier alpha value is -1.33. The lowest BCUT2D eigenvalue weighted by atomic mass is 10.2. The van der Waals surface area contributed by atoms with Gasteiger partial charge in [-0.1, -0.05) is 6.92 Å². The predicted octanol–water partition coefficient (Wildman–Crippen LogP) is 0.725. The largest absolute Gasteiger partial charge is 0.467 e. The van der Waals surface area contributed by atoms with E-state index in [4.69, 9.17) is 10.3 Å². The molecule has 3 N–H and O–H groups in total. The highest BCUT2D eigenvalue weighted by molar-refractivity contribution is 5.94. The average Bonchev–Trinajstić information content (AvgIpc) is 2.65. The molecule has 0 fully saturated rings. The Morgan fingerprint density at radius 2 is 2.40 bits per heavy atom. The number of hydrogen-bond donors (Lipinski definition) is 2. The average molecular weight is 211 g/mol. The number of nitrogens with one attached hydrogen (secondary N) is 1. The molecule has 0 aliphatic rings. The molecule has 1 aromatic heterocycles. The first kappa shape index (κ1) is 11.7. The number of hydrogen-bond acceptors (Lipinski definition) is 4. The van der Waals surface area contributed by atoms with Gasteiger partial charge in [0.05, 0.1) is 18.4 Å². The van der Waals surface area contributed by atoms with Gasteiger partial charge in [0.25, 0.3) is 5.91 Å². The summed E-state index contributed by atoms with van der Waals surface area (Å²) in [7, 11) is 1.98. The third-order valence-electron chi connectivity index (χ3n) is 2.14. The Morgan fingerprint density at radius 3 is 3.00 bits per heavy atom.